The van der Waals surface area contributed by atoms with Crippen LogP contribution in [-0.4, -0.2) is 29.7 Å². The van der Waals surface area contributed by atoms with Gasteiger partial charge in [0.2, 0.25) is 10.0 Å². The zero-order valence-electron chi connectivity index (χ0n) is 10.4. The van der Waals surface area contributed by atoms with Gasteiger partial charge in [-0.2, -0.15) is 4.31 Å². The van der Waals surface area contributed by atoms with E-state index in [9.17, 15) is 8.42 Å². The summed E-state index contributed by atoms with van der Waals surface area (Å²) in [7, 11) is -1.97. The third kappa shape index (κ3) is 3.15. The summed E-state index contributed by atoms with van der Waals surface area (Å²) in [6.07, 6.45) is 4.75. The molecule has 0 saturated carbocycles. The Bertz CT molecular complexity index is 640. The Labute approximate surface area is 117 Å². The first-order valence-corrected chi connectivity index (χ1v) is 7.60. The van der Waals surface area contributed by atoms with Crippen LogP contribution in [0.4, 0.5) is 0 Å². The number of aromatic amines is 1. The van der Waals surface area contributed by atoms with Crippen LogP contribution in [0, 0.1) is 0 Å². The Balaban J connectivity index is 2.19. The lowest BCUT2D eigenvalue weighted by molar-refractivity contribution is 0.466. The number of alkyl halides is 1. The van der Waals surface area contributed by atoms with Crippen molar-refractivity contribution in [2.45, 2.75) is 17.3 Å². The molecule has 0 amide bonds. The van der Waals surface area contributed by atoms with Crippen LogP contribution in [-0.2, 0) is 22.4 Å². The number of H-pyrrole nitrogens is 1. The molecule has 0 saturated heterocycles. The zero-order valence-corrected chi connectivity index (χ0v) is 11.9. The van der Waals surface area contributed by atoms with E-state index < -0.39 is 10.0 Å². The number of rotatable bonds is 5. The Kier molecular flexibility index (Phi) is 4.24. The number of aromatic nitrogens is 2. The number of pyridine rings is 1. The van der Waals surface area contributed by atoms with Crippen molar-refractivity contribution in [3.63, 3.8) is 0 Å². The first kappa shape index (κ1) is 14.0. The highest BCUT2D eigenvalue weighted by molar-refractivity contribution is 7.89. The molecule has 0 aromatic carbocycles. The second kappa shape index (κ2) is 5.73. The van der Waals surface area contributed by atoms with Crippen LogP contribution in [0.5, 0.6) is 0 Å². The van der Waals surface area contributed by atoms with E-state index in [0.717, 1.165) is 5.56 Å². The van der Waals surface area contributed by atoms with Crippen LogP contribution in [0.2, 0.25) is 0 Å². The number of sulfonamides is 1. The standard InChI is InChI=1S/C12H14ClN3O2S/c1-16(9-10-3-2-4-14-7-10)19(17,18)12-5-11(6-13)15-8-12/h2-5,7-8,15H,6,9H2,1H3. The van der Waals surface area contributed by atoms with Gasteiger partial charge in [-0.3, -0.25) is 4.98 Å². The van der Waals surface area contributed by atoms with Crippen LogP contribution in [0.3, 0.4) is 0 Å². The topological polar surface area (TPSA) is 66.1 Å². The fourth-order valence-corrected chi connectivity index (χ4v) is 2.99. The molecular weight excluding hydrogens is 286 g/mol. The minimum absolute atomic E-state index is 0.217. The maximum Gasteiger partial charge on any atom is 0.244 e. The Hall–Kier alpha value is -1.37. The Morgan fingerprint density at radius 3 is 2.84 bits per heavy atom. The minimum atomic E-state index is -3.51. The molecule has 5 nitrogen and oxygen atoms in total. The maximum absolute atomic E-state index is 12.3. The van der Waals surface area contributed by atoms with Crippen molar-refractivity contribution >= 4 is 21.6 Å². The van der Waals surface area contributed by atoms with Gasteiger partial charge in [0.1, 0.15) is 0 Å². The van der Waals surface area contributed by atoms with E-state index >= 15 is 0 Å². The minimum Gasteiger partial charge on any atom is -0.363 e. The van der Waals surface area contributed by atoms with Crippen molar-refractivity contribution in [3.8, 4) is 0 Å². The molecule has 2 aromatic heterocycles. The SMILES string of the molecule is CN(Cc1cccnc1)S(=O)(=O)c1c[nH]c(CCl)c1. The number of hydrogen-bond donors (Lipinski definition) is 1. The molecule has 2 aromatic rings. The van der Waals surface area contributed by atoms with E-state index in [2.05, 4.69) is 9.97 Å². The molecule has 0 atom stereocenters. The first-order chi connectivity index (χ1) is 9.04. The van der Waals surface area contributed by atoms with Crippen LogP contribution >= 0.6 is 11.6 Å². The largest absolute Gasteiger partial charge is 0.363 e. The van der Waals surface area contributed by atoms with Crippen molar-refractivity contribution in [3.05, 3.63) is 48.0 Å². The van der Waals surface area contributed by atoms with Gasteiger partial charge in [-0.15, -0.1) is 11.6 Å². The molecule has 1 N–H and O–H groups in total. The number of hydrogen-bond acceptors (Lipinski definition) is 3. The summed E-state index contributed by atoms with van der Waals surface area (Å²) in [5, 5.41) is 0. The second-order valence-corrected chi connectivity index (χ2v) is 6.43. The summed E-state index contributed by atoms with van der Waals surface area (Å²) in [5.74, 6) is 0.252. The van der Waals surface area contributed by atoms with Gasteiger partial charge in [-0.1, -0.05) is 6.07 Å². The Morgan fingerprint density at radius 1 is 1.47 bits per heavy atom. The van der Waals surface area contributed by atoms with Gasteiger partial charge in [-0.25, -0.2) is 8.42 Å². The lowest BCUT2D eigenvalue weighted by Crippen LogP contribution is -2.26. The second-order valence-electron chi connectivity index (χ2n) is 4.12. The molecule has 0 unspecified atom stereocenters. The molecule has 0 aliphatic carbocycles. The van der Waals surface area contributed by atoms with Crippen LogP contribution in [0.1, 0.15) is 11.3 Å². The van der Waals surface area contributed by atoms with Crippen molar-refractivity contribution < 1.29 is 8.42 Å². The van der Waals surface area contributed by atoms with Crippen LogP contribution < -0.4 is 0 Å². The smallest absolute Gasteiger partial charge is 0.244 e. The summed E-state index contributed by atoms with van der Waals surface area (Å²) in [6, 6.07) is 5.15. The summed E-state index contributed by atoms with van der Waals surface area (Å²) in [6.45, 7) is 0.275. The van der Waals surface area contributed by atoms with Crippen molar-refractivity contribution in [1.29, 1.82) is 0 Å². The van der Waals surface area contributed by atoms with Crippen LogP contribution in [0.25, 0.3) is 0 Å². The molecule has 0 spiro atoms. The quantitative estimate of drug-likeness (QED) is 0.858. The lowest BCUT2D eigenvalue weighted by Gasteiger charge is -2.15. The van der Waals surface area contributed by atoms with E-state index in [0.29, 0.717) is 5.69 Å². The highest BCUT2D eigenvalue weighted by atomic mass is 35.5. The van der Waals surface area contributed by atoms with Crippen LogP contribution in [0.15, 0.2) is 41.7 Å². The molecule has 102 valence electrons. The summed E-state index contributed by atoms with van der Waals surface area (Å²) >= 11 is 5.65. The molecule has 0 bridgehead atoms. The molecule has 7 heteroatoms. The van der Waals surface area contributed by atoms with E-state index in [4.69, 9.17) is 11.6 Å². The zero-order chi connectivity index (χ0) is 13.9. The third-order valence-electron chi connectivity index (χ3n) is 2.70. The predicted molar refractivity (Wildman–Crippen MR) is 73.2 cm³/mol. The summed E-state index contributed by atoms with van der Waals surface area (Å²) in [5.41, 5.74) is 1.51. The van der Waals surface area contributed by atoms with Gasteiger partial charge >= 0.3 is 0 Å². The van der Waals surface area contributed by atoms with E-state index in [1.165, 1.54) is 17.5 Å². The highest BCUT2D eigenvalue weighted by Crippen LogP contribution is 2.18. The first-order valence-electron chi connectivity index (χ1n) is 5.62. The third-order valence-corrected chi connectivity index (χ3v) is 4.77. The van der Waals surface area contributed by atoms with E-state index in [1.807, 2.05) is 6.07 Å². The van der Waals surface area contributed by atoms with Gasteiger partial charge in [0, 0.05) is 37.9 Å². The van der Waals surface area contributed by atoms with Gasteiger partial charge < -0.3 is 4.98 Å². The Morgan fingerprint density at radius 2 is 2.26 bits per heavy atom. The van der Waals surface area contributed by atoms with Gasteiger partial charge in [0.05, 0.1) is 10.8 Å². The molecule has 0 aliphatic rings. The molecule has 2 heterocycles. The van der Waals surface area contributed by atoms with Crippen molar-refractivity contribution in [1.82, 2.24) is 14.3 Å². The number of nitrogens with zero attached hydrogens (tertiary/aromatic N) is 2. The average Bonchev–Trinajstić information content (AvgIpc) is 2.89. The van der Waals surface area contributed by atoms with Crippen molar-refractivity contribution in [2.24, 2.45) is 0 Å². The van der Waals surface area contributed by atoms with Gasteiger partial charge in [0.15, 0.2) is 0 Å². The fourth-order valence-electron chi connectivity index (χ4n) is 1.66. The van der Waals surface area contributed by atoms with Gasteiger partial charge in [0.25, 0.3) is 0 Å². The average molecular weight is 300 g/mol. The molecule has 0 fully saturated rings. The molecule has 2 rings (SSSR count). The van der Waals surface area contributed by atoms with Gasteiger partial charge in [-0.05, 0) is 17.7 Å². The molecular formula is C12H14ClN3O2S. The van der Waals surface area contributed by atoms with E-state index in [-0.39, 0.29) is 17.3 Å². The molecule has 0 radical (unpaired) electrons. The lowest BCUT2D eigenvalue weighted by atomic mass is 10.3. The van der Waals surface area contributed by atoms with E-state index in [1.54, 1.807) is 24.5 Å². The van der Waals surface area contributed by atoms with Crippen molar-refractivity contribution in [2.75, 3.05) is 7.05 Å². The normalized spacial score (nSPS) is 11.9. The highest BCUT2D eigenvalue weighted by Gasteiger charge is 2.22. The predicted octanol–water partition coefficient (Wildman–Crippen LogP) is 1.97. The maximum atomic E-state index is 12.3. The number of halogens is 1. The molecule has 19 heavy (non-hydrogen) atoms. The summed E-state index contributed by atoms with van der Waals surface area (Å²) < 4.78 is 25.9. The fraction of sp³-hybridized carbons (Fsp3) is 0.250. The summed E-state index contributed by atoms with van der Waals surface area (Å²) in [4.78, 5) is 7.01. The monoisotopic (exact) mass is 299 g/mol. The molecule has 0 aliphatic heterocycles. The number of nitrogens with one attached hydrogen (secondary N) is 1.